The molecular weight excluding hydrogens is 669 g/mol. The third kappa shape index (κ3) is 4.27. The molecule has 50 heavy (non-hydrogen) atoms. The SMILES string of the molecule is [C-]#[N+]c1cc2c(cc1[N+]#[C-])C(=O)C(=Cc1nc3c(s1)C1C=C(C)c4nc(C=C5C(=O)c6cc(C#N)c(C#N)cc6C5=O)sc4C1C=C3C)C2=O. The summed E-state index contributed by atoms with van der Waals surface area (Å²) >= 11 is 2.76. The van der Waals surface area contributed by atoms with E-state index in [2.05, 4.69) is 21.8 Å². The van der Waals surface area contributed by atoms with E-state index in [4.69, 9.17) is 23.1 Å². The van der Waals surface area contributed by atoms with Gasteiger partial charge in [0.05, 0.1) is 46.8 Å². The summed E-state index contributed by atoms with van der Waals surface area (Å²) in [6.07, 6.45) is 7.17. The summed E-state index contributed by atoms with van der Waals surface area (Å²) in [5.74, 6) is -2.29. The van der Waals surface area contributed by atoms with E-state index in [1.807, 2.05) is 26.0 Å². The molecule has 2 atom stereocenters. The van der Waals surface area contributed by atoms with Gasteiger partial charge in [-0.25, -0.2) is 9.97 Å². The molecule has 12 heteroatoms. The summed E-state index contributed by atoms with van der Waals surface area (Å²) in [5.41, 5.74) is 3.70. The topological polar surface area (TPSA) is 150 Å². The van der Waals surface area contributed by atoms with Gasteiger partial charge in [-0.05, 0) is 49.3 Å². The van der Waals surface area contributed by atoms with E-state index < -0.39 is 23.1 Å². The summed E-state index contributed by atoms with van der Waals surface area (Å²) in [4.78, 5) is 71.3. The lowest BCUT2D eigenvalue weighted by Gasteiger charge is -2.30. The Hall–Kier alpha value is -6.70. The number of carbonyl (C=O) groups is 4. The van der Waals surface area contributed by atoms with Crippen molar-refractivity contribution in [2.75, 3.05) is 0 Å². The van der Waals surface area contributed by atoms with Crippen LogP contribution < -0.4 is 0 Å². The first kappa shape index (κ1) is 30.6. The van der Waals surface area contributed by atoms with Gasteiger partial charge in [-0.2, -0.15) is 10.5 Å². The van der Waals surface area contributed by atoms with Gasteiger partial charge in [0.1, 0.15) is 22.2 Å². The number of fused-ring (bicyclic) bond motifs is 7. The zero-order valence-corrected chi connectivity index (χ0v) is 27.5. The number of benzene rings is 2. The van der Waals surface area contributed by atoms with Crippen molar-refractivity contribution < 1.29 is 19.2 Å². The fourth-order valence-electron chi connectivity index (χ4n) is 6.81. The molecule has 0 spiro atoms. The molecule has 2 unspecified atom stereocenters. The molecule has 10 nitrogen and oxygen atoms in total. The van der Waals surface area contributed by atoms with Crippen LogP contribution in [-0.4, -0.2) is 33.1 Å². The molecule has 2 aromatic heterocycles. The predicted molar refractivity (Wildman–Crippen MR) is 185 cm³/mol. The Kier molecular flexibility index (Phi) is 6.69. The van der Waals surface area contributed by atoms with Crippen LogP contribution in [0.1, 0.15) is 109 Å². The average molecular weight is 685 g/mol. The minimum absolute atomic E-state index is 0.0221. The van der Waals surface area contributed by atoms with E-state index >= 15 is 0 Å². The van der Waals surface area contributed by atoms with Gasteiger partial charge in [-0.3, -0.25) is 28.9 Å². The maximum absolute atomic E-state index is 13.3. The second-order valence-electron chi connectivity index (χ2n) is 12.0. The van der Waals surface area contributed by atoms with Gasteiger partial charge in [0.15, 0.2) is 34.5 Å². The Labute approximate surface area is 291 Å². The molecule has 0 amide bonds. The van der Waals surface area contributed by atoms with E-state index in [0.717, 1.165) is 32.3 Å². The highest BCUT2D eigenvalue weighted by Gasteiger charge is 2.40. The second-order valence-corrected chi connectivity index (χ2v) is 14.1. The van der Waals surface area contributed by atoms with Crippen molar-refractivity contribution in [3.8, 4) is 12.1 Å². The lowest BCUT2D eigenvalue weighted by atomic mass is 9.77. The molecule has 0 saturated carbocycles. The van der Waals surface area contributed by atoms with Gasteiger partial charge >= 0.3 is 0 Å². The minimum atomic E-state index is -0.519. The number of nitrogens with zero attached hydrogens (tertiary/aromatic N) is 6. The van der Waals surface area contributed by atoms with Crippen LogP contribution >= 0.6 is 22.7 Å². The van der Waals surface area contributed by atoms with Crippen LogP contribution in [0.4, 0.5) is 11.4 Å². The largest absolute Gasteiger partial charge is 0.288 e. The van der Waals surface area contributed by atoms with Crippen molar-refractivity contribution in [3.63, 3.8) is 0 Å². The van der Waals surface area contributed by atoms with Crippen LogP contribution in [0.25, 0.3) is 33.0 Å². The maximum Gasteiger partial charge on any atom is 0.197 e. The first-order valence-corrected chi connectivity index (χ1v) is 16.6. The van der Waals surface area contributed by atoms with Crippen molar-refractivity contribution in [2.24, 2.45) is 0 Å². The first-order valence-electron chi connectivity index (χ1n) is 15.0. The molecule has 4 aromatic rings. The van der Waals surface area contributed by atoms with Crippen LogP contribution in [-0.2, 0) is 0 Å². The Morgan fingerprint density at radius 2 is 1.02 bits per heavy atom. The van der Waals surface area contributed by atoms with Gasteiger partial charge < -0.3 is 0 Å². The predicted octanol–water partition coefficient (Wildman–Crippen LogP) is 8.07. The summed E-state index contributed by atoms with van der Waals surface area (Å²) in [7, 11) is 0. The Balaban J connectivity index is 1.13. The number of carbonyl (C=O) groups excluding carboxylic acids is 4. The van der Waals surface area contributed by atoms with Crippen LogP contribution in [0.15, 0.2) is 47.6 Å². The lowest BCUT2D eigenvalue weighted by molar-refractivity contribution is 0.0975. The highest BCUT2D eigenvalue weighted by Crippen LogP contribution is 2.53. The Morgan fingerprint density at radius 3 is 1.36 bits per heavy atom. The molecule has 0 bridgehead atoms. The molecule has 234 valence electrons. The smallest absolute Gasteiger partial charge is 0.197 e. The molecular formula is C38H16N6O4S2. The molecule has 2 aromatic carbocycles. The number of hydrogen-bond acceptors (Lipinski definition) is 10. The van der Waals surface area contributed by atoms with Gasteiger partial charge in [0.25, 0.3) is 0 Å². The summed E-state index contributed by atoms with van der Waals surface area (Å²) in [6, 6.07) is 9.00. The van der Waals surface area contributed by atoms with Crippen molar-refractivity contribution in [2.45, 2.75) is 25.7 Å². The van der Waals surface area contributed by atoms with Crippen molar-refractivity contribution in [1.29, 1.82) is 10.5 Å². The fraction of sp³-hybridized carbons (Fsp3) is 0.105. The van der Waals surface area contributed by atoms with E-state index in [0.29, 0.717) is 10.0 Å². The van der Waals surface area contributed by atoms with Crippen molar-refractivity contribution >= 4 is 80.5 Å². The number of Topliss-reactive ketones (excluding diaryl/α,β-unsaturated/α-hetero) is 4. The molecule has 8 rings (SSSR count). The fourth-order valence-corrected chi connectivity index (χ4v) is 9.19. The van der Waals surface area contributed by atoms with Gasteiger partial charge in [-0.1, -0.05) is 24.3 Å². The number of thiazole rings is 2. The summed E-state index contributed by atoms with van der Waals surface area (Å²) in [5, 5.41) is 19.8. The summed E-state index contributed by atoms with van der Waals surface area (Å²) in [6.45, 7) is 18.6. The monoisotopic (exact) mass is 684 g/mol. The third-order valence-electron chi connectivity index (χ3n) is 9.19. The molecule has 0 saturated heterocycles. The van der Waals surface area contributed by atoms with Gasteiger partial charge in [0.2, 0.25) is 0 Å². The van der Waals surface area contributed by atoms with Crippen LogP contribution in [0, 0.1) is 35.8 Å². The molecule has 0 radical (unpaired) electrons. The van der Waals surface area contributed by atoms with Crippen LogP contribution in [0.5, 0.6) is 0 Å². The number of allylic oxidation sites excluding steroid dienone is 6. The Bertz CT molecular complexity index is 2410. The molecule has 4 aliphatic rings. The van der Waals surface area contributed by atoms with Crippen molar-refractivity contribution in [1.82, 2.24) is 9.97 Å². The molecule has 2 heterocycles. The van der Waals surface area contributed by atoms with E-state index in [-0.39, 0.29) is 67.7 Å². The number of hydrogen-bond donors (Lipinski definition) is 0. The lowest BCUT2D eigenvalue weighted by Crippen LogP contribution is -2.16. The van der Waals surface area contributed by atoms with E-state index in [1.165, 1.54) is 59.1 Å². The number of nitriles is 2. The van der Waals surface area contributed by atoms with Gasteiger partial charge in [-0.15, -0.1) is 22.7 Å². The van der Waals surface area contributed by atoms with E-state index in [1.54, 1.807) is 0 Å². The van der Waals surface area contributed by atoms with Crippen molar-refractivity contribution in [3.05, 3.63) is 135 Å². The van der Waals surface area contributed by atoms with Crippen LogP contribution in [0.3, 0.4) is 0 Å². The minimum Gasteiger partial charge on any atom is -0.288 e. The third-order valence-corrected chi connectivity index (χ3v) is 11.4. The highest BCUT2D eigenvalue weighted by molar-refractivity contribution is 7.13. The molecule has 0 aliphatic heterocycles. The number of rotatable bonds is 2. The standard InChI is InChI=1S/C38H16N6O4S2/c1-15-5-24-23(37-31(15)43-29(49-37)11-25-33(45)19-7-17(13-39)18(14-40)8-20(19)34(25)46)6-16(2)32-38(24)50-30(44-32)12-26-35(47)21-9-27(41-3)28(42-4)10-22(21)36(26)48/h5-12,23-24H,1-2H3. The zero-order chi connectivity index (χ0) is 35.2. The molecule has 4 aliphatic carbocycles. The normalized spacial score (nSPS) is 18.0. The first-order chi connectivity index (χ1) is 24.1. The second kappa shape index (κ2) is 10.9. The average Bonchev–Trinajstić information content (AvgIpc) is 3.86. The number of ketones is 4. The van der Waals surface area contributed by atoms with E-state index in [9.17, 15) is 29.7 Å². The Morgan fingerprint density at radius 1 is 0.660 bits per heavy atom. The quantitative estimate of drug-likeness (QED) is 0.117. The zero-order valence-electron chi connectivity index (χ0n) is 25.9. The highest BCUT2D eigenvalue weighted by atomic mass is 32.1. The summed E-state index contributed by atoms with van der Waals surface area (Å²) < 4.78 is 0. The van der Waals surface area contributed by atoms with Crippen LogP contribution in [0.2, 0.25) is 0 Å². The molecule has 0 fully saturated rings. The number of aromatic nitrogens is 2. The van der Waals surface area contributed by atoms with Gasteiger partial charge in [0, 0.05) is 43.8 Å². The molecule has 0 N–H and O–H groups in total. The maximum atomic E-state index is 13.3.